The normalized spacial score (nSPS) is 27.3. The molecule has 5 unspecified atom stereocenters. The molecule has 0 radical (unpaired) electrons. The first-order valence-electron chi connectivity index (χ1n) is 8.84. The standard InChI is InChI=1S/C19H19NO8S/c1-8-7-29-18(20-8)11-6-26-12-4-9(2-3-10(12)14(11)22)27-19-17(25)16(24)15(23)13(5-21)28-19/h2-4,6-7,13,15-17,19,21,23-25H,5H2,1H3. The fraction of sp³-hybridized carbons (Fsp3) is 0.368. The first-order chi connectivity index (χ1) is 13.9. The molecule has 0 amide bonds. The van der Waals surface area contributed by atoms with Crippen LogP contribution >= 0.6 is 11.3 Å². The van der Waals surface area contributed by atoms with Crippen LogP contribution in [0.25, 0.3) is 21.5 Å². The Hall–Kier alpha value is -2.34. The third-order valence-corrected chi connectivity index (χ3v) is 5.69. The van der Waals surface area contributed by atoms with Gasteiger partial charge in [0.25, 0.3) is 0 Å². The number of ether oxygens (including phenoxy) is 2. The summed E-state index contributed by atoms with van der Waals surface area (Å²) in [5, 5.41) is 41.8. The highest BCUT2D eigenvalue weighted by molar-refractivity contribution is 7.13. The molecule has 0 spiro atoms. The lowest BCUT2D eigenvalue weighted by Crippen LogP contribution is -2.60. The number of aryl methyl sites for hydroxylation is 1. The molecule has 0 aliphatic carbocycles. The molecule has 1 fully saturated rings. The van der Waals surface area contributed by atoms with Crippen molar-refractivity contribution in [3.05, 3.63) is 45.8 Å². The number of nitrogens with zero attached hydrogens (tertiary/aromatic N) is 1. The fourth-order valence-electron chi connectivity index (χ4n) is 3.11. The van der Waals surface area contributed by atoms with E-state index in [0.29, 0.717) is 16.0 Å². The predicted molar refractivity (Wildman–Crippen MR) is 103 cm³/mol. The summed E-state index contributed by atoms with van der Waals surface area (Å²) in [6.07, 6.45) is -5.63. The Bertz CT molecular complexity index is 1080. The van der Waals surface area contributed by atoms with Crippen molar-refractivity contribution in [2.45, 2.75) is 37.6 Å². The van der Waals surface area contributed by atoms with Crippen LogP contribution in [0.3, 0.4) is 0 Å². The van der Waals surface area contributed by atoms with Gasteiger partial charge in [0.2, 0.25) is 11.7 Å². The number of thiazole rings is 1. The lowest BCUT2D eigenvalue weighted by Gasteiger charge is -2.39. The minimum absolute atomic E-state index is 0.211. The van der Waals surface area contributed by atoms with Crippen LogP contribution in [0.4, 0.5) is 0 Å². The van der Waals surface area contributed by atoms with Crippen LogP contribution in [0.2, 0.25) is 0 Å². The van der Waals surface area contributed by atoms with Gasteiger partial charge in [0.15, 0.2) is 0 Å². The van der Waals surface area contributed by atoms with Crippen molar-refractivity contribution in [1.82, 2.24) is 4.98 Å². The van der Waals surface area contributed by atoms with Gasteiger partial charge < -0.3 is 34.3 Å². The number of fused-ring (bicyclic) bond motifs is 1. The quantitative estimate of drug-likeness (QED) is 0.471. The van der Waals surface area contributed by atoms with Crippen LogP contribution in [0.5, 0.6) is 5.75 Å². The van der Waals surface area contributed by atoms with E-state index in [-0.39, 0.29) is 16.8 Å². The maximum atomic E-state index is 12.8. The van der Waals surface area contributed by atoms with E-state index in [0.717, 1.165) is 5.69 Å². The highest BCUT2D eigenvalue weighted by atomic mass is 32.1. The molecule has 154 valence electrons. The van der Waals surface area contributed by atoms with Crippen molar-refractivity contribution in [3.63, 3.8) is 0 Å². The van der Waals surface area contributed by atoms with Crippen molar-refractivity contribution in [2.75, 3.05) is 6.61 Å². The van der Waals surface area contributed by atoms with Crippen molar-refractivity contribution < 1.29 is 34.3 Å². The number of hydrogen-bond acceptors (Lipinski definition) is 10. The molecule has 1 aliphatic rings. The third-order valence-electron chi connectivity index (χ3n) is 4.70. The Kier molecular flexibility index (Phi) is 5.38. The van der Waals surface area contributed by atoms with E-state index in [4.69, 9.17) is 13.9 Å². The van der Waals surface area contributed by atoms with Crippen LogP contribution in [0.1, 0.15) is 5.69 Å². The lowest BCUT2D eigenvalue weighted by atomic mass is 9.99. The second-order valence-electron chi connectivity index (χ2n) is 6.75. The highest BCUT2D eigenvalue weighted by Crippen LogP contribution is 2.28. The molecule has 5 atom stereocenters. The second-order valence-corrected chi connectivity index (χ2v) is 7.60. The molecular formula is C19H19NO8S. The smallest absolute Gasteiger partial charge is 0.229 e. The molecule has 4 N–H and O–H groups in total. The summed E-state index contributed by atoms with van der Waals surface area (Å²) >= 11 is 1.35. The van der Waals surface area contributed by atoms with Crippen LogP contribution in [0.15, 0.2) is 39.1 Å². The molecule has 29 heavy (non-hydrogen) atoms. The summed E-state index contributed by atoms with van der Waals surface area (Å²) in [6, 6.07) is 4.47. The summed E-state index contributed by atoms with van der Waals surface area (Å²) in [7, 11) is 0. The van der Waals surface area contributed by atoms with Gasteiger partial charge in [-0.1, -0.05) is 0 Å². The number of hydrogen-bond donors (Lipinski definition) is 4. The zero-order valence-corrected chi connectivity index (χ0v) is 16.1. The van der Waals surface area contributed by atoms with Crippen LogP contribution in [-0.2, 0) is 4.74 Å². The van der Waals surface area contributed by atoms with Crippen LogP contribution < -0.4 is 10.2 Å². The average molecular weight is 421 g/mol. The van der Waals surface area contributed by atoms with Gasteiger partial charge in [0.1, 0.15) is 47.0 Å². The Morgan fingerprint density at radius 1 is 1.21 bits per heavy atom. The summed E-state index contributed by atoms with van der Waals surface area (Å²) in [5.41, 5.74) is 1.19. The topological polar surface area (TPSA) is 142 Å². The molecule has 9 nitrogen and oxygen atoms in total. The maximum absolute atomic E-state index is 12.8. The molecule has 1 aliphatic heterocycles. The average Bonchev–Trinajstić information content (AvgIpc) is 3.14. The summed E-state index contributed by atoms with van der Waals surface area (Å²) in [4.78, 5) is 17.1. The Labute approximate surface area is 168 Å². The highest BCUT2D eigenvalue weighted by Gasteiger charge is 2.44. The molecule has 1 aromatic carbocycles. The fourth-order valence-corrected chi connectivity index (χ4v) is 3.91. The maximum Gasteiger partial charge on any atom is 0.229 e. The number of benzene rings is 1. The van der Waals surface area contributed by atoms with Gasteiger partial charge in [0.05, 0.1) is 17.6 Å². The van der Waals surface area contributed by atoms with Crippen molar-refractivity contribution in [1.29, 1.82) is 0 Å². The minimum atomic E-state index is -1.55. The van der Waals surface area contributed by atoms with Crippen molar-refractivity contribution in [3.8, 4) is 16.3 Å². The van der Waals surface area contributed by atoms with Gasteiger partial charge >= 0.3 is 0 Å². The molecule has 1 saturated heterocycles. The van der Waals surface area contributed by atoms with E-state index in [1.54, 1.807) is 0 Å². The zero-order valence-electron chi connectivity index (χ0n) is 15.3. The Morgan fingerprint density at radius 2 is 2.00 bits per heavy atom. The molecule has 2 aromatic heterocycles. The summed E-state index contributed by atoms with van der Waals surface area (Å²) in [5.74, 6) is 0.211. The first-order valence-corrected chi connectivity index (χ1v) is 9.72. The van der Waals surface area contributed by atoms with E-state index < -0.39 is 37.3 Å². The Balaban J connectivity index is 1.62. The van der Waals surface area contributed by atoms with Gasteiger partial charge in [-0.25, -0.2) is 4.98 Å². The van der Waals surface area contributed by atoms with Crippen molar-refractivity contribution >= 4 is 22.3 Å². The summed E-state index contributed by atoms with van der Waals surface area (Å²) < 4.78 is 16.5. The number of rotatable bonds is 4. The lowest BCUT2D eigenvalue weighted by molar-refractivity contribution is -0.277. The number of aliphatic hydroxyl groups excluding tert-OH is 4. The van der Waals surface area contributed by atoms with Crippen LogP contribution in [0, 0.1) is 6.92 Å². The van der Waals surface area contributed by atoms with E-state index >= 15 is 0 Å². The SMILES string of the molecule is Cc1csc(-c2coc3cc(OC4OC(CO)C(O)C(O)C4O)ccc3c2=O)n1. The van der Waals surface area contributed by atoms with Gasteiger partial charge in [-0.05, 0) is 19.1 Å². The summed E-state index contributed by atoms with van der Waals surface area (Å²) in [6.45, 7) is 1.28. The van der Waals surface area contributed by atoms with Crippen LogP contribution in [-0.4, -0.2) is 62.7 Å². The molecule has 3 heterocycles. The molecule has 10 heteroatoms. The molecule has 4 rings (SSSR count). The second kappa shape index (κ2) is 7.82. The minimum Gasteiger partial charge on any atom is -0.463 e. The van der Waals surface area contributed by atoms with E-state index in [9.17, 15) is 25.2 Å². The van der Waals surface area contributed by atoms with Gasteiger partial charge in [-0.3, -0.25) is 4.79 Å². The van der Waals surface area contributed by atoms with Gasteiger partial charge in [-0.15, -0.1) is 11.3 Å². The van der Waals surface area contributed by atoms with Gasteiger partial charge in [-0.2, -0.15) is 0 Å². The van der Waals surface area contributed by atoms with E-state index in [1.807, 2.05) is 12.3 Å². The first kappa shape index (κ1) is 20.0. The van der Waals surface area contributed by atoms with E-state index in [1.165, 1.54) is 35.8 Å². The van der Waals surface area contributed by atoms with E-state index in [2.05, 4.69) is 4.98 Å². The van der Waals surface area contributed by atoms with Gasteiger partial charge in [0, 0.05) is 17.1 Å². The predicted octanol–water partition coefficient (Wildman–Crippen LogP) is 0.404. The number of aliphatic hydroxyl groups is 4. The molecule has 0 saturated carbocycles. The largest absolute Gasteiger partial charge is 0.463 e. The van der Waals surface area contributed by atoms with Crippen molar-refractivity contribution in [2.24, 2.45) is 0 Å². The number of aromatic nitrogens is 1. The Morgan fingerprint density at radius 3 is 2.69 bits per heavy atom. The molecule has 3 aromatic rings. The molecular weight excluding hydrogens is 402 g/mol. The zero-order chi connectivity index (χ0) is 20.7. The third kappa shape index (κ3) is 3.66. The molecule has 0 bridgehead atoms. The monoisotopic (exact) mass is 421 g/mol.